The molecule has 0 unspecified atom stereocenters. The number of nitro benzene ring substituents is 1. The van der Waals surface area contributed by atoms with Crippen LogP contribution >= 0.6 is 0 Å². The molecule has 124 valence electrons. The Kier molecular flexibility index (Phi) is 3.88. The van der Waals surface area contributed by atoms with Crippen LogP contribution in [0.1, 0.15) is 26.3 Å². The molecule has 0 saturated carbocycles. The molecule has 0 atom stereocenters. The number of fused-ring (bicyclic) bond motifs is 1. The van der Waals surface area contributed by atoms with E-state index in [0.29, 0.717) is 12.4 Å². The third-order valence-corrected chi connectivity index (χ3v) is 3.58. The van der Waals surface area contributed by atoms with Crippen molar-refractivity contribution >= 4 is 22.5 Å². The van der Waals surface area contributed by atoms with Crippen molar-refractivity contribution in [2.75, 3.05) is 5.32 Å². The van der Waals surface area contributed by atoms with Crippen molar-refractivity contribution < 1.29 is 4.92 Å². The van der Waals surface area contributed by atoms with Crippen molar-refractivity contribution in [2.24, 2.45) is 0 Å². The fourth-order valence-corrected chi connectivity index (χ4v) is 2.44. The Morgan fingerprint density at radius 1 is 1.29 bits per heavy atom. The molecule has 3 rings (SSSR count). The Bertz CT molecular complexity index is 897. The lowest BCUT2D eigenvalue weighted by atomic mass is 10.1. The Morgan fingerprint density at radius 3 is 2.79 bits per heavy atom. The smallest absolute Gasteiger partial charge is 0.269 e. The van der Waals surface area contributed by atoms with E-state index in [2.05, 4.69) is 41.2 Å². The molecule has 0 fully saturated rings. The highest BCUT2D eigenvalue weighted by atomic mass is 16.6. The van der Waals surface area contributed by atoms with Gasteiger partial charge in [-0.15, -0.1) is 0 Å². The van der Waals surface area contributed by atoms with Gasteiger partial charge in [-0.3, -0.25) is 10.1 Å². The number of benzene rings is 1. The number of nitrogens with one attached hydrogen (secondary N) is 1. The van der Waals surface area contributed by atoms with Gasteiger partial charge in [-0.2, -0.15) is 5.10 Å². The molecule has 2 aromatic heterocycles. The lowest BCUT2D eigenvalue weighted by Crippen LogP contribution is -2.23. The normalized spacial score (nSPS) is 11.6. The SMILES string of the molecule is CC(C)(C)n1ncc2c(NCc3cccc([N+](=O)[O-])c3)ncnc21. The van der Waals surface area contributed by atoms with Gasteiger partial charge in [0.15, 0.2) is 5.65 Å². The molecule has 0 bridgehead atoms. The Balaban J connectivity index is 1.87. The van der Waals surface area contributed by atoms with Crippen LogP contribution in [-0.2, 0) is 12.1 Å². The minimum atomic E-state index is -0.403. The molecule has 0 radical (unpaired) electrons. The second kappa shape index (κ2) is 5.88. The van der Waals surface area contributed by atoms with Crippen molar-refractivity contribution in [3.63, 3.8) is 0 Å². The summed E-state index contributed by atoms with van der Waals surface area (Å²) in [4.78, 5) is 19.0. The van der Waals surface area contributed by atoms with E-state index in [-0.39, 0.29) is 11.2 Å². The summed E-state index contributed by atoms with van der Waals surface area (Å²) >= 11 is 0. The van der Waals surface area contributed by atoms with E-state index in [4.69, 9.17) is 0 Å². The Hall–Kier alpha value is -3.03. The quantitative estimate of drug-likeness (QED) is 0.584. The summed E-state index contributed by atoms with van der Waals surface area (Å²) in [7, 11) is 0. The third kappa shape index (κ3) is 3.03. The molecule has 0 spiro atoms. The molecule has 0 aliphatic carbocycles. The van der Waals surface area contributed by atoms with Crippen LogP contribution < -0.4 is 5.32 Å². The number of rotatable bonds is 4. The first kappa shape index (κ1) is 15.9. The van der Waals surface area contributed by atoms with Crippen LogP contribution in [0.3, 0.4) is 0 Å². The Labute approximate surface area is 138 Å². The minimum Gasteiger partial charge on any atom is -0.365 e. The summed E-state index contributed by atoms with van der Waals surface area (Å²) in [5, 5.41) is 19.3. The fourth-order valence-electron chi connectivity index (χ4n) is 2.44. The van der Waals surface area contributed by atoms with Gasteiger partial charge in [0, 0.05) is 18.7 Å². The molecule has 3 aromatic rings. The summed E-state index contributed by atoms with van der Waals surface area (Å²) in [5.41, 5.74) is 1.44. The van der Waals surface area contributed by atoms with Gasteiger partial charge < -0.3 is 5.32 Å². The molecular weight excluding hydrogens is 308 g/mol. The zero-order valence-electron chi connectivity index (χ0n) is 13.7. The number of aromatic nitrogens is 4. The molecule has 0 aliphatic rings. The maximum absolute atomic E-state index is 10.9. The van der Waals surface area contributed by atoms with E-state index in [0.717, 1.165) is 16.6 Å². The van der Waals surface area contributed by atoms with Crippen LogP contribution in [0.5, 0.6) is 0 Å². The highest BCUT2D eigenvalue weighted by Gasteiger charge is 2.19. The first-order chi connectivity index (χ1) is 11.4. The lowest BCUT2D eigenvalue weighted by Gasteiger charge is -2.19. The van der Waals surface area contributed by atoms with Crippen molar-refractivity contribution in [1.29, 1.82) is 0 Å². The molecule has 1 N–H and O–H groups in total. The van der Waals surface area contributed by atoms with Gasteiger partial charge in [0.2, 0.25) is 0 Å². The minimum absolute atomic E-state index is 0.0719. The van der Waals surface area contributed by atoms with Crippen LogP contribution in [0.15, 0.2) is 36.8 Å². The molecule has 0 amide bonds. The number of hydrogen-bond acceptors (Lipinski definition) is 6. The monoisotopic (exact) mass is 326 g/mol. The van der Waals surface area contributed by atoms with Crippen LogP contribution in [0.4, 0.5) is 11.5 Å². The van der Waals surface area contributed by atoms with E-state index >= 15 is 0 Å². The van der Waals surface area contributed by atoms with E-state index in [1.165, 1.54) is 12.4 Å². The van der Waals surface area contributed by atoms with Crippen molar-refractivity contribution in [3.8, 4) is 0 Å². The topological polar surface area (TPSA) is 98.8 Å². The molecule has 0 saturated heterocycles. The van der Waals surface area contributed by atoms with Crippen molar-refractivity contribution in [3.05, 3.63) is 52.5 Å². The van der Waals surface area contributed by atoms with E-state index in [9.17, 15) is 10.1 Å². The predicted octanol–water partition coefficient (Wildman–Crippen LogP) is 3.10. The van der Waals surface area contributed by atoms with Crippen LogP contribution in [-0.4, -0.2) is 24.7 Å². The average molecular weight is 326 g/mol. The van der Waals surface area contributed by atoms with Crippen molar-refractivity contribution in [1.82, 2.24) is 19.7 Å². The Morgan fingerprint density at radius 2 is 2.08 bits per heavy atom. The van der Waals surface area contributed by atoms with Gasteiger partial charge >= 0.3 is 0 Å². The van der Waals surface area contributed by atoms with Gasteiger partial charge in [0.25, 0.3) is 5.69 Å². The number of nitro groups is 1. The first-order valence-electron chi connectivity index (χ1n) is 7.52. The standard InChI is InChI=1S/C16H18N6O2/c1-16(2,3)21-15-13(9-20-21)14(18-10-19-15)17-8-11-5-4-6-12(7-11)22(23)24/h4-7,9-10H,8H2,1-3H3,(H,17,18,19). The number of hydrogen-bond donors (Lipinski definition) is 1. The molecule has 8 heteroatoms. The third-order valence-electron chi connectivity index (χ3n) is 3.58. The van der Waals surface area contributed by atoms with Gasteiger partial charge in [0.05, 0.1) is 22.0 Å². The van der Waals surface area contributed by atoms with Crippen LogP contribution in [0, 0.1) is 10.1 Å². The van der Waals surface area contributed by atoms with Crippen molar-refractivity contribution in [2.45, 2.75) is 32.9 Å². The fraction of sp³-hybridized carbons (Fsp3) is 0.312. The predicted molar refractivity (Wildman–Crippen MR) is 90.7 cm³/mol. The highest BCUT2D eigenvalue weighted by Crippen LogP contribution is 2.24. The second-order valence-corrected chi connectivity index (χ2v) is 6.47. The second-order valence-electron chi connectivity index (χ2n) is 6.47. The summed E-state index contributed by atoms with van der Waals surface area (Å²) in [6, 6.07) is 6.52. The van der Waals surface area contributed by atoms with Gasteiger partial charge in [0.1, 0.15) is 12.1 Å². The van der Waals surface area contributed by atoms with Crippen LogP contribution in [0.2, 0.25) is 0 Å². The van der Waals surface area contributed by atoms with E-state index in [1.807, 2.05) is 10.7 Å². The zero-order chi connectivity index (χ0) is 17.3. The van der Waals surface area contributed by atoms with E-state index < -0.39 is 4.92 Å². The number of non-ortho nitro benzene ring substituents is 1. The summed E-state index contributed by atoms with van der Waals surface area (Å²) in [6.07, 6.45) is 3.22. The summed E-state index contributed by atoms with van der Waals surface area (Å²) in [5.74, 6) is 0.655. The maximum atomic E-state index is 10.9. The number of anilines is 1. The van der Waals surface area contributed by atoms with Crippen LogP contribution in [0.25, 0.3) is 11.0 Å². The van der Waals surface area contributed by atoms with Gasteiger partial charge in [-0.1, -0.05) is 12.1 Å². The molecule has 2 heterocycles. The molecule has 0 aliphatic heterocycles. The molecule has 8 nitrogen and oxygen atoms in total. The summed E-state index contributed by atoms with van der Waals surface area (Å²) < 4.78 is 1.85. The molecule has 1 aromatic carbocycles. The summed E-state index contributed by atoms with van der Waals surface area (Å²) in [6.45, 7) is 6.59. The lowest BCUT2D eigenvalue weighted by molar-refractivity contribution is -0.384. The highest BCUT2D eigenvalue weighted by molar-refractivity contribution is 5.86. The van der Waals surface area contributed by atoms with Gasteiger partial charge in [-0.05, 0) is 26.3 Å². The maximum Gasteiger partial charge on any atom is 0.269 e. The van der Waals surface area contributed by atoms with E-state index in [1.54, 1.807) is 18.3 Å². The largest absolute Gasteiger partial charge is 0.365 e. The zero-order valence-corrected chi connectivity index (χ0v) is 13.7. The average Bonchev–Trinajstić information content (AvgIpc) is 2.98. The van der Waals surface area contributed by atoms with Gasteiger partial charge in [-0.25, -0.2) is 14.6 Å². The molecular formula is C16H18N6O2. The number of nitrogens with zero attached hydrogens (tertiary/aromatic N) is 5. The first-order valence-corrected chi connectivity index (χ1v) is 7.52. The molecule has 24 heavy (non-hydrogen) atoms.